The van der Waals surface area contributed by atoms with Crippen molar-refractivity contribution in [3.63, 3.8) is 0 Å². The topological polar surface area (TPSA) is 86.3 Å². The molecule has 1 aromatic heterocycles. The summed E-state index contributed by atoms with van der Waals surface area (Å²) in [6.07, 6.45) is 0.116. The van der Waals surface area contributed by atoms with Gasteiger partial charge in [-0.15, -0.1) is 0 Å². The average Bonchev–Trinajstić information content (AvgIpc) is 3.08. The Hall–Kier alpha value is -2.14. The van der Waals surface area contributed by atoms with Gasteiger partial charge in [-0.3, -0.25) is 0 Å². The van der Waals surface area contributed by atoms with Crippen LogP contribution in [0.3, 0.4) is 0 Å². The highest BCUT2D eigenvalue weighted by Gasteiger charge is 2.31. The summed E-state index contributed by atoms with van der Waals surface area (Å²) in [5, 5.41) is 9.54. The Labute approximate surface area is 169 Å². The molecular weight excluding hydrogens is 431 g/mol. The van der Waals surface area contributed by atoms with Crippen molar-refractivity contribution in [3.05, 3.63) is 46.7 Å². The number of aliphatic hydroxyl groups excluding tert-OH is 1. The lowest BCUT2D eigenvalue weighted by molar-refractivity contribution is 0.113. The fraction of sp³-hybridized carbons (Fsp3) is 0.278. The molecule has 1 aliphatic rings. The van der Waals surface area contributed by atoms with Gasteiger partial charge in [-0.1, -0.05) is 11.6 Å². The average molecular weight is 446 g/mol. The van der Waals surface area contributed by atoms with Crippen LogP contribution in [0.25, 0.3) is 22.4 Å². The zero-order chi connectivity index (χ0) is 20.9. The summed E-state index contributed by atoms with van der Waals surface area (Å²) in [6, 6.07) is 4.20. The van der Waals surface area contributed by atoms with Crippen molar-refractivity contribution in [1.29, 1.82) is 0 Å². The molecule has 0 bridgehead atoms. The second kappa shape index (κ2) is 7.28. The number of sulfonamides is 1. The molecule has 29 heavy (non-hydrogen) atoms. The zero-order valence-electron chi connectivity index (χ0n) is 14.8. The first-order valence-corrected chi connectivity index (χ1v) is 10.5. The van der Waals surface area contributed by atoms with Gasteiger partial charge >= 0.3 is 0 Å². The smallest absolute Gasteiger partial charge is 0.244 e. The van der Waals surface area contributed by atoms with Gasteiger partial charge in [0.1, 0.15) is 10.7 Å². The van der Waals surface area contributed by atoms with Crippen LogP contribution in [0.15, 0.2) is 29.2 Å². The van der Waals surface area contributed by atoms with Crippen LogP contribution in [-0.2, 0) is 10.0 Å². The van der Waals surface area contributed by atoms with E-state index in [9.17, 15) is 26.7 Å². The van der Waals surface area contributed by atoms with E-state index in [1.807, 2.05) is 0 Å². The molecule has 1 fully saturated rings. The third-order valence-electron chi connectivity index (χ3n) is 4.83. The number of hydrogen-bond acceptors (Lipinski definition) is 4. The minimum Gasteiger partial charge on any atom is -0.393 e. The number of rotatable bonds is 3. The van der Waals surface area contributed by atoms with Crippen molar-refractivity contribution in [2.45, 2.75) is 23.8 Å². The number of fused-ring (bicyclic) bond motifs is 1. The molecule has 1 saturated heterocycles. The van der Waals surface area contributed by atoms with Crippen LogP contribution < -0.4 is 0 Å². The second-order valence-corrected chi connectivity index (χ2v) is 9.09. The summed E-state index contributed by atoms with van der Waals surface area (Å²) < 4.78 is 67.3. The summed E-state index contributed by atoms with van der Waals surface area (Å²) in [4.78, 5) is 6.82. The molecule has 2 heterocycles. The number of aliphatic hydroxyl groups is 1. The van der Waals surface area contributed by atoms with Gasteiger partial charge in [0.05, 0.1) is 22.2 Å². The maximum Gasteiger partial charge on any atom is 0.244 e. The van der Waals surface area contributed by atoms with Crippen LogP contribution in [-0.4, -0.2) is 47.0 Å². The second-order valence-electron chi connectivity index (χ2n) is 6.77. The number of aromatic nitrogens is 2. The number of hydrogen-bond donors (Lipinski definition) is 2. The Morgan fingerprint density at radius 1 is 1.10 bits per heavy atom. The summed E-state index contributed by atoms with van der Waals surface area (Å²) in [7, 11) is -3.92. The third-order valence-corrected chi connectivity index (χ3v) is 7.20. The lowest BCUT2D eigenvalue weighted by Gasteiger charge is -2.28. The molecule has 0 atom stereocenters. The van der Waals surface area contributed by atoms with E-state index in [0.29, 0.717) is 18.4 Å². The molecular formula is C18H15ClF3N3O3S. The number of benzene rings is 2. The van der Waals surface area contributed by atoms with Crippen molar-refractivity contribution >= 4 is 32.7 Å². The number of nitrogens with one attached hydrogen (secondary N) is 1. The summed E-state index contributed by atoms with van der Waals surface area (Å²) in [5.41, 5.74) is 0.525. The largest absolute Gasteiger partial charge is 0.393 e. The van der Waals surface area contributed by atoms with Gasteiger partial charge in [-0.25, -0.2) is 26.6 Å². The maximum atomic E-state index is 13.5. The molecule has 0 aliphatic carbocycles. The highest BCUT2D eigenvalue weighted by Crippen LogP contribution is 2.32. The summed E-state index contributed by atoms with van der Waals surface area (Å²) >= 11 is 6.19. The van der Waals surface area contributed by atoms with Crippen LogP contribution >= 0.6 is 11.6 Å². The van der Waals surface area contributed by atoms with Gasteiger partial charge in [0.15, 0.2) is 17.5 Å². The first kappa shape index (κ1) is 20.1. The van der Waals surface area contributed by atoms with Crippen molar-refractivity contribution in [2.24, 2.45) is 0 Å². The van der Waals surface area contributed by atoms with Gasteiger partial charge in [0, 0.05) is 18.7 Å². The number of nitrogens with zero attached hydrogens (tertiary/aromatic N) is 2. The van der Waals surface area contributed by atoms with Crippen LogP contribution in [0.5, 0.6) is 0 Å². The van der Waals surface area contributed by atoms with Crippen LogP contribution in [0.4, 0.5) is 13.2 Å². The zero-order valence-corrected chi connectivity index (χ0v) is 16.4. The fourth-order valence-corrected chi connectivity index (χ4v) is 5.25. The predicted octanol–water partition coefficient (Wildman–Crippen LogP) is 3.45. The monoisotopic (exact) mass is 445 g/mol. The van der Waals surface area contributed by atoms with Crippen molar-refractivity contribution < 1.29 is 26.7 Å². The lowest BCUT2D eigenvalue weighted by Crippen LogP contribution is -2.40. The lowest BCUT2D eigenvalue weighted by atomic mass is 10.1. The minimum absolute atomic E-state index is 0.0320. The Balaban J connectivity index is 1.76. The molecule has 3 aromatic rings. The minimum atomic E-state index is -3.92. The van der Waals surface area contributed by atoms with Crippen molar-refractivity contribution in [3.8, 4) is 11.4 Å². The van der Waals surface area contributed by atoms with E-state index in [1.54, 1.807) is 0 Å². The molecule has 2 N–H and O–H groups in total. The van der Waals surface area contributed by atoms with Gasteiger partial charge < -0.3 is 10.1 Å². The molecule has 6 nitrogen and oxygen atoms in total. The van der Waals surface area contributed by atoms with Gasteiger partial charge in [-0.05, 0) is 37.1 Å². The number of aromatic amines is 1. The van der Waals surface area contributed by atoms with Gasteiger partial charge in [-0.2, -0.15) is 4.31 Å². The van der Waals surface area contributed by atoms with Crippen molar-refractivity contribution in [2.75, 3.05) is 13.1 Å². The van der Waals surface area contributed by atoms with Gasteiger partial charge in [0.25, 0.3) is 0 Å². The highest BCUT2D eigenvalue weighted by atomic mass is 35.5. The molecule has 154 valence electrons. The van der Waals surface area contributed by atoms with E-state index in [2.05, 4.69) is 9.97 Å². The Morgan fingerprint density at radius 2 is 1.72 bits per heavy atom. The molecule has 1 aliphatic heterocycles. The van der Waals surface area contributed by atoms with Crippen molar-refractivity contribution in [1.82, 2.24) is 14.3 Å². The van der Waals surface area contributed by atoms with E-state index >= 15 is 0 Å². The van der Waals surface area contributed by atoms with E-state index in [0.717, 1.165) is 12.1 Å². The number of halogens is 4. The first-order chi connectivity index (χ1) is 13.7. The molecule has 0 amide bonds. The molecule has 11 heteroatoms. The predicted molar refractivity (Wildman–Crippen MR) is 100 cm³/mol. The maximum absolute atomic E-state index is 13.5. The molecule has 4 rings (SSSR count). The normalized spacial score (nSPS) is 16.6. The number of imidazole rings is 1. The molecule has 0 unspecified atom stereocenters. The third kappa shape index (κ3) is 3.61. The first-order valence-electron chi connectivity index (χ1n) is 8.69. The number of piperidine rings is 1. The van der Waals surface area contributed by atoms with Gasteiger partial charge in [0.2, 0.25) is 10.0 Å². The molecule has 2 aromatic carbocycles. The van der Waals surface area contributed by atoms with Crippen LogP contribution in [0.1, 0.15) is 12.8 Å². The van der Waals surface area contributed by atoms with E-state index in [4.69, 9.17) is 11.6 Å². The Morgan fingerprint density at radius 3 is 2.34 bits per heavy atom. The standard InChI is InChI=1S/C18H15ClF3N3O3S/c19-11-7-14-15(8-16(11)29(27,28)25-3-1-10(26)2-4-25)24-18(23-14)9-5-12(20)17(22)13(21)6-9/h5-8,10,26H,1-4H2,(H,23,24). The highest BCUT2D eigenvalue weighted by molar-refractivity contribution is 7.89. The van der Waals surface area contributed by atoms with Crippen LogP contribution in [0.2, 0.25) is 5.02 Å². The molecule has 0 spiro atoms. The summed E-state index contributed by atoms with van der Waals surface area (Å²) in [6.45, 7) is 0.329. The molecule has 0 saturated carbocycles. The Kier molecular flexibility index (Phi) is 5.06. The summed E-state index contributed by atoms with van der Waals surface area (Å²) in [5.74, 6) is -4.29. The number of H-pyrrole nitrogens is 1. The van der Waals surface area contributed by atoms with E-state index in [1.165, 1.54) is 16.4 Å². The van der Waals surface area contributed by atoms with Crippen LogP contribution in [0, 0.1) is 17.5 Å². The SMILES string of the molecule is O=S(=O)(c1cc2nc(-c3cc(F)c(F)c(F)c3)[nH]c2cc1Cl)N1CCC(O)CC1. The van der Waals surface area contributed by atoms with E-state index < -0.39 is 33.6 Å². The molecule has 0 radical (unpaired) electrons. The quantitative estimate of drug-likeness (QED) is 0.605. The van der Waals surface area contributed by atoms with E-state index in [-0.39, 0.29) is 39.9 Å². The Bertz CT molecular complexity index is 1180. The fourth-order valence-electron chi connectivity index (χ4n) is 3.26.